The number of thioether (sulfide) groups is 1. The van der Waals surface area contributed by atoms with E-state index in [1.165, 1.54) is 11.1 Å². The van der Waals surface area contributed by atoms with E-state index in [1.54, 1.807) is 24.2 Å². The number of hydrogen-bond donors (Lipinski definition) is 0. The molecular weight excluding hydrogens is 396 g/mol. The van der Waals surface area contributed by atoms with Crippen LogP contribution in [0, 0.1) is 13.8 Å². The third-order valence-electron chi connectivity index (χ3n) is 5.13. The van der Waals surface area contributed by atoms with Gasteiger partial charge in [0.2, 0.25) is 6.79 Å². The molecule has 0 N–H and O–H groups in total. The Morgan fingerprint density at radius 2 is 1.73 bits per heavy atom. The third kappa shape index (κ3) is 3.52. The minimum absolute atomic E-state index is 0.280. The predicted octanol–water partition coefficient (Wildman–Crippen LogP) is 4.97. The normalized spacial score (nSPS) is 12.3. The SMILES string of the molecule is Cc1ccc(-n2c(SCc3ccc4c(c3)OCO4)nnc2-c2ccncc2)cc1C. The summed E-state index contributed by atoms with van der Waals surface area (Å²) in [5, 5.41) is 9.85. The minimum Gasteiger partial charge on any atom is -0.454 e. The molecule has 5 rings (SSSR count). The molecule has 6 nitrogen and oxygen atoms in total. The first kappa shape index (κ1) is 18.7. The van der Waals surface area contributed by atoms with Crippen molar-refractivity contribution >= 4 is 11.8 Å². The molecule has 0 spiro atoms. The van der Waals surface area contributed by atoms with Crippen molar-refractivity contribution in [1.29, 1.82) is 0 Å². The summed E-state index contributed by atoms with van der Waals surface area (Å²) in [4.78, 5) is 4.13. The molecule has 0 unspecified atom stereocenters. The fourth-order valence-corrected chi connectivity index (χ4v) is 4.22. The highest BCUT2D eigenvalue weighted by molar-refractivity contribution is 7.98. The molecule has 0 atom stereocenters. The molecule has 0 fully saturated rings. The molecule has 1 aliphatic heterocycles. The average Bonchev–Trinajstić information content (AvgIpc) is 3.41. The predicted molar refractivity (Wildman–Crippen MR) is 116 cm³/mol. The van der Waals surface area contributed by atoms with Crippen molar-refractivity contribution in [2.75, 3.05) is 6.79 Å². The smallest absolute Gasteiger partial charge is 0.231 e. The van der Waals surface area contributed by atoms with Crippen LogP contribution in [0.3, 0.4) is 0 Å². The number of hydrogen-bond acceptors (Lipinski definition) is 6. The first-order valence-electron chi connectivity index (χ1n) is 9.64. The number of pyridine rings is 1. The summed E-state index contributed by atoms with van der Waals surface area (Å²) in [7, 11) is 0. The molecule has 150 valence electrons. The van der Waals surface area contributed by atoms with E-state index in [0.29, 0.717) is 0 Å². The fraction of sp³-hybridized carbons (Fsp3) is 0.174. The Labute approximate surface area is 178 Å². The van der Waals surface area contributed by atoms with Crippen molar-refractivity contribution in [3.8, 4) is 28.6 Å². The highest BCUT2D eigenvalue weighted by atomic mass is 32.2. The van der Waals surface area contributed by atoms with Crippen LogP contribution < -0.4 is 9.47 Å². The molecule has 0 aliphatic carbocycles. The topological polar surface area (TPSA) is 62.1 Å². The first-order chi connectivity index (χ1) is 14.7. The molecule has 2 aromatic heterocycles. The second-order valence-corrected chi connectivity index (χ2v) is 8.06. The zero-order chi connectivity index (χ0) is 20.5. The summed E-state index contributed by atoms with van der Waals surface area (Å²) in [5.74, 6) is 3.13. The molecule has 0 saturated carbocycles. The van der Waals surface area contributed by atoms with Gasteiger partial charge in [0.05, 0.1) is 5.69 Å². The standard InChI is InChI=1S/C23H20N4O2S/c1-15-3-5-19(11-16(15)2)27-22(18-7-9-24-10-8-18)25-26-23(27)30-13-17-4-6-20-21(12-17)29-14-28-20/h3-12H,13-14H2,1-2H3. The molecular formula is C23H20N4O2S. The lowest BCUT2D eigenvalue weighted by atomic mass is 10.1. The van der Waals surface area contributed by atoms with Crippen LogP contribution in [0.4, 0.5) is 0 Å². The van der Waals surface area contributed by atoms with Crippen molar-refractivity contribution in [1.82, 2.24) is 19.7 Å². The van der Waals surface area contributed by atoms with Crippen molar-refractivity contribution in [2.24, 2.45) is 0 Å². The zero-order valence-corrected chi connectivity index (χ0v) is 17.5. The largest absolute Gasteiger partial charge is 0.454 e. The van der Waals surface area contributed by atoms with Crippen LogP contribution in [0.15, 0.2) is 66.1 Å². The average molecular weight is 417 g/mol. The van der Waals surface area contributed by atoms with Crippen molar-refractivity contribution in [3.05, 3.63) is 77.6 Å². The summed E-state index contributed by atoms with van der Waals surface area (Å²) < 4.78 is 13.0. The van der Waals surface area contributed by atoms with Gasteiger partial charge in [0.15, 0.2) is 22.5 Å². The second-order valence-electron chi connectivity index (χ2n) is 7.12. The van der Waals surface area contributed by atoms with E-state index in [2.05, 4.69) is 57.9 Å². The number of aryl methyl sites for hydroxylation is 2. The molecule has 1 aliphatic rings. The lowest BCUT2D eigenvalue weighted by Crippen LogP contribution is -2.01. The lowest BCUT2D eigenvalue weighted by Gasteiger charge is -2.12. The third-order valence-corrected chi connectivity index (χ3v) is 6.13. The summed E-state index contributed by atoms with van der Waals surface area (Å²) in [5.41, 5.74) is 5.65. The maximum atomic E-state index is 5.50. The minimum atomic E-state index is 0.280. The lowest BCUT2D eigenvalue weighted by molar-refractivity contribution is 0.174. The van der Waals surface area contributed by atoms with E-state index < -0.39 is 0 Å². The molecule has 0 amide bonds. The monoisotopic (exact) mass is 416 g/mol. The fourth-order valence-electron chi connectivity index (χ4n) is 3.33. The maximum absolute atomic E-state index is 5.50. The Bertz CT molecular complexity index is 1210. The van der Waals surface area contributed by atoms with Gasteiger partial charge >= 0.3 is 0 Å². The number of aromatic nitrogens is 4. The molecule has 0 saturated heterocycles. The number of ether oxygens (including phenoxy) is 2. The van der Waals surface area contributed by atoms with Crippen LogP contribution >= 0.6 is 11.8 Å². The van der Waals surface area contributed by atoms with Gasteiger partial charge in [0, 0.05) is 23.7 Å². The molecule has 7 heteroatoms. The van der Waals surface area contributed by atoms with E-state index >= 15 is 0 Å². The number of rotatable bonds is 5. The van der Waals surface area contributed by atoms with E-state index in [4.69, 9.17) is 9.47 Å². The van der Waals surface area contributed by atoms with Crippen molar-refractivity contribution < 1.29 is 9.47 Å². The Morgan fingerprint density at radius 1 is 0.900 bits per heavy atom. The number of nitrogens with zero attached hydrogens (tertiary/aromatic N) is 4. The van der Waals surface area contributed by atoms with Gasteiger partial charge in [-0.15, -0.1) is 10.2 Å². The van der Waals surface area contributed by atoms with Gasteiger partial charge in [0.25, 0.3) is 0 Å². The quantitative estimate of drug-likeness (QED) is 0.428. The Kier molecular flexibility index (Phi) is 4.88. The van der Waals surface area contributed by atoms with E-state index in [1.807, 2.05) is 24.3 Å². The Morgan fingerprint density at radius 3 is 2.57 bits per heavy atom. The second kappa shape index (κ2) is 7.84. The van der Waals surface area contributed by atoms with Crippen molar-refractivity contribution in [3.63, 3.8) is 0 Å². The van der Waals surface area contributed by atoms with E-state index in [9.17, 15) is 0 Å². The molecule has 3 heterocycles. The van der Waals surface area contributed by atoms with Crippen LogP contribution in [-0.4, -0.2) is 26.5 Å². The molecule has 30 heavy (non-hydrogen) atoms. The highest BCUT2D eigenvalue weighted by Gasteiger charge is 2.18. The van der Waals surface area contributed by atoms with Crippen molar-refractivity contribution in [2.45, 2.75) is 24.8 Å². The highest BCUT2D eigenvalue weighted by Crippen LogP contribution is 2.35. The van der Waals surface area contributed by atoms with E-state index in [0.717, 1.165) is 45.0 Å². The van der Waals surface area contributed by atoms with E-state index in [-0.39, 0.29) is 6.79 Å². The summed E-state index contributed by atoms with van der Waals surface area (Å²) >= 11 is 1.64. The first-order valence-corrected chi connectivity index (χ1v) is 10.6. The van der Waals surface area contributed by atoms with Gasteiger partial charge in [-0.25, -0.2) is 0 Å². The van der Waals surface area contributed by atoms with Gasteiger partial charge in [-0.1, -0.05) is 23.9 Å². The molecule has 0 bridgehead atoms. The van der Waals surface area contributed by atoms with Crippen LogP contribution in [0.2, 0.25) is 0 Å². The van der Waals surface area contributed by atoms with Crippen LogP contribution in [-0.2, 0) is 5.75 Å². The number of fused-ring (bicyclic) bond motifs is 1. The van der Waals surface area contributed by atoms with Gasteiger partial charge in [-0.2, -0.15) is 0 Å². The van der Waals surface area contributed by atoms with Gasteiger partial charge in [-0.05, 0) is 66.9 Å². The van der Waals surface area contributed by atoms with Gasteiger partial charge in [-0.3, -0.25) is 9.55 Å². The van der Waals surface area contributed by atoms with Gasteiger partial charge in [0.1, 0.15) is 0 Å². The summed E-state index contributed by atoms with van der Waals surface area (Å²) in [6.07, 6.45) is 3.54. The zero-order valence-electron chi connectivity index (χ0n) is 16.7. The Hall–Kier alpha value is -3.32. The van der Waals surface area contributed by atoms with Gasteiger partial charge < -0.3 is 9.47 Å². The molecule has 2 aromatic carbocycles. The number of benzene rings is 2. The van der Waals surface area contributed by atoms with Crippen LogP contribution in [0.5, 0.6) is 11.5 Å². The molecule has 0 radical (unpaired) electrons. The molecule has 4 aromatic rings. The summed E-state index contributed by atoms with van der Waals surface area (Å²) in [6.45, 7) is 4.52. The maximum Gasteiger partial charge on any atom is 0.231 e. The summed E-state index contributed by atoms with van der Waals surface area (Å²) in [6, 6.07) is 16.4. The van der Waals surface area contributed by atoms with Crippen LogP contribution in [0.1, 0.15) is 16.7 Å². The Balaban J connectivity index is 1.51. The van der Waals surface area contributed by atoms with Crippen LogP contribution in [0.25, 0.3) is 17.1 Å².